The number of aromatic nitrogens is 1. The van der Waals surface area contributed by atoms with E-state index in [1.54, 1.807) is 0 Å². The quantitative estimate of drug-likeness (QED) is 0.167. The first-order chi connectivity index (χ1) is 33.0. The second-order valence-electron chi connectivity index (χ2n) is 18.4. The van der Waals surface area contributed by atoms with Crippen LogP contribution in [0.15, 0.2) is 227 Å². The van der Waals surface area contributed by atoms with Gasteiger partial charge in [-0.05, 0) is 112 Å². The fraction of sp³-hybridized carbons (Fsp3) is 0.0476. The first kappa shape index (κ1) is 37.7. The Kier molecular flexibility index (Phi) is 8.00. The molecule has 10 aromatic carbocycles. The molecule has 67 heavy (non-hydrogen) atoms. The lowest BCUT2D eigenvalue weighted by molar-refractivity contribution is 0.660. The van der Waals surface area contributed by atoms with E-state index < -0.39 is 0 Å². The van der Waals surface area contributed by atoms with Crippen LogP contribution < -0.4 is 4.90 Å². The van der Waals surface area contributed by atoms with E-state index in [-0.39, 0.29) is 5.41 Å². The predicted octanol–water partition coefficient (Wildman–Crippen LogP) is 17.7. The molecule has 1 aliphatic rings. The minimum atomic E-state index is -0.174. The van der Waals surface area contributed by atoms with Crippen LogP contribution in [0, 0.1) is 0 Å². The van der Waals surface area contributed by atoms with E-state index in [0.29, 0.717) is 0 Å². The van der Waals surface area contributed by atoms with E-state index in [1.165, 1.54) is 44.1 Å². The third kappa shape index (κ3) is 5.54. The van der Waals surface area contributed by atoms with Gasteiger partial charge >= 0.3 is 0 Å². The van der Waals surface area contributed by atoms with Crippen LogP contribution in [0.4, 0.5) is 17.1 Å². The van der Waals surface area contributed by atoms with E-state index in [2.05, 4.69) is 230 Å². The summed E-state index contributed by atoms with van der Waals surface area (Å²) in [5, 5.41) is 6.81. The molecule has 0 atom stereocenters. The summed E-state index contributed by atoms with van der Waals surface area (Å²) in [6.45, 7) is 4.70. The molecule has 0 fully saturated rings. The lowest BCUT2D eigenvalue weighted by Crippen LogP contribution is -2.16. The van der Waals surface area contributed by atoms with Crippen LogP contribution in [0.25, 0.3) is 105 Å². The van der Waals surface area contributed by atoms with Gasteiger partial charge in [-0.1, -0.05) is 153 Å². The van der Waals surface area contributed by atoms with Crippen molar-refractivity contribution in [2.24, 2.45) is 0 Å². The molecule has 0 radical (unpaired) electrons. The van der Waals surface area contributed by atoms with Crippen LogP contribution in [0.3, 0.4) is 0 Å². The Morgan fingerprint density at radius 3 is 1.84 bits per heavy atom. The molecule has 0 aliphatic heterocycles. The number of fused-ring (bicyclic) bond motifs is 12. The van der Waals surface area contributed by atoms with Crippen molar-refractivity contribution in [3.8, 4) is 39.1 Å². The molecule has 0 saturated carbocycles. The van der Waals surface area contributed by atoms with E-state index in [4.69, 9.17) is 8.83 Å². The zero-order valence-corrected chi connectivity index (χ0v) is 37.0. The summed E-state index contributed by atoms with van der Waals surface area (Å²) >= 11 is 0. The van der Waals surface area contributed by atoms with E-state index in [9.17, 15) is 0 Å². The topological polar surface area (TPSA) is 34.5 Å². The van der Waals surface area contributed by atoms with Crippen LogP contribution in [-0.2, 0) is 5.41 Å². The van der Waals surface area contributed by atoms with Crippen molar-refractivity contribution in [3.05, 3.63) is 230 Å². The van der Waals surface area contributed by atoms with Crippen molar-refractivity contribution in [3.63, 3.8) is 0 Å². The number of benzene rings is 10. The molecular formula is C63H42N2O2. The molecule has 316 valence electrons. The smallest absolute Gasteiger partial charge is 0.145 e. The number of anilines is 3. The number of hydrogen-bond acceptors (Lipinski definition) is 3. The van der Waals surface area contributed by atoms with Gasteiger partial charge < -0.3 is 18.3 Å². The molecule has 3 aromatic heterocycles. The number of nitrogens with zero attached hydrogens (tertiary/aromatic N) is 2. The summed E-state index contributed by atoms with van der Waals surface area (Å²) in [4.78, 5) is 2.43. The van der Waals surface area contributed by atoms with Gasteiger partial charge in [0, 0.05) is 60.5 Å². The Hall–Kier alpha value is -8.60. The standard InChI is InChI=1S/C63H42N2O2/c1-63(2)53-23-10-6-17-46(53)47-33-32-43(38-54(47)63)64(42-30-27-39(28-31-42)44-21-14-22-50-49-19-8-12-25-58(49)66-61(44)50)57-36-34-45(62-60(57)51-20-9-13-26-59(51)67-62)40-29-35-56-52(37-40)48-18-7-11-24-55(48)65(56)41-15-4-3-5-16-41/h3-38H,1-2H3. The molecule has 0 N–H and O–H groups in total. The second-order valence-corrected chi connectivity index (χ2v) is 18.4. The van der Waals surface area contributed by atoms with Crippen LogP contribution >= 0.6 is 0 Å². The number of furan rings is 2. The molecule has 0 amide bonds. The lowest BCUT2D eigenvalue weighted by atomic mass is 9.82. The Balaban J connectivity index is 0.980. The van der Waals surface area contributed by atoms with Crippen LogP contribution in [-0.4, -0.2) is 4.57 Å². The highest BCUT2D eigenvalue weighted by Gasteiger charge is 2.36. The fourth-order valence-electron chi connectivity index (χ4n) is 11.2. The Labute approximate surface area is 387 Å². The van der Waals surface area contributed by atoms with Gasteiger partial charge in [0.15, 0.2) is 0 Å². The van der Waals surface area contributed by atoms with Crippen molar-refractivity contribution >= 4 is 82.7 Å². The molecule has 0 spiro atoms. The van der Waals surface area contributed by atoms with Crippen LogP contribution in [0.2, 0.25) is 0 Å². The fourth-order valence-corrected chi connectivity index (χ4v) is 11.2. The van der Waals surface area contributed by atoms with Crippen molar-refractivity contribution in [2.45, 2.75) is 19.3 Å². The predicted molar refractivity (Wildman–Crippen MR) is 278 cm³/mol. The highest BCUT2D eigenvalue weighted by atomic mass is 16.3. The molecule has 0 bridgehead atoms. The third-order valence-electron chi connectivity index (χ3n) is 14.4. The zero-order chi connectivity index (χ0) is 44.4. The maximum atomic E-state index is 7.02. The van der Waals surface area contributed by atoms with Crippen molar-refractivity contribution in [1.29, 1.82) is 0 Å². The monoisotopic (exact) mass is 858 g/mol. The first-order valence-corrected chi connectivity index (χ1v) is 23.1. The molecule has 4 heteroatoms. The maximum Gasteiger partial charge on any atom is 0.145 e. The third-order valence-corrected chi connectivity index (χ3v) is 14.4. The van der Waals surface area contributed by atoms with Gasteiger partial charge in [-0.3, -0.25) is 0 Å². The summed E-state index contributed by atoms with van der Waals surface area (Å²) in [6, 6.07) is 78.8. The molecule has 1 aliphatic carbocycles. The molecule has 13 aromatic rings. The summed E-state index contributed by atoms with van der Waals surface area (Å²) in [6.07, 6.45) is 0. The Morgan fingerprint density at radius 2 is 0.985 bits per heavy atom. The van der Waals surface area contributed by atoms with Gasteiger partial charge in [0.05, 0.1) is 22.1 Å². The van der Waals surface area contributed by atoms with E-state index >= 15 is 0 Å². The van der Waals surface area contributed by atoms with Crippen LogP contribution in [0.1, 0.15) is 25.0 Å². The summed E-state index contributed by atoms with van der Waals surface area (Å²) in [5.41, 5.74) is 19.6. The van der Waals surface area contributed by atoms with Crippen molar-refractivity contribution in [1.82, 2.24) is 4.57 Å². The highest BCUT2D eigenvalue weighted by Crippen LogP contribution is 2.52. The lowest BCUT2D eigenvalue weighted by Gasteiger charge is -2.29. The number of rotatable bonds is 6. The average Bonchev–Trinajstić information content (AvgIpc) is 4.12. The minimum Gasteiger partial charge on any atom is -0.455 e. The Morgan fingerprint density at radius 1 is 0.388 bits per heavy atom. The van der Waals surface area contributed by atoms with Gasteiger partial charge in [-0.25, -0.2) is 0 Å². The largest absolute Gasteiger partial charge is 0.455 e. The van der Waals surface area contributed by atoms with Crippen molar-refractivity contribution < 1.29 is 8.83 Å². The van der Waals surface area contributed by atoms with Gasteiger partial charge in [-0.2, -0.15) is 0 Å². The number of para-hydroxylation sites is 5. The normalized spacial score (nSPS) is 13.0. The van der Waals surface area contributed by atoms with Gasteiger partial charge in [-0.15, -0.1) is 0 Å². The summed E-state index contributed by atoms with van der Waals surface area (Å²) < 4.78 is 15.9. The zero-order valence-electron chi connectivity index (χ0n) is 37.0. The van der Waals surface area contributed by atoms with E-state index in [0.717, 1.165) is 88.9 Å². The van der Waals surface area contributed by atoms with Crippen LogP contribution in [0.5, 0.6) is 0 Å². The summed E-state index contributed by atoms with van der Waals surface area (Å²) in [5.74, 6) is 0. The van der Waals surface area contributed by atoms with Gasteiger partial charge in [0.1, 0.15) is 22.3 Å². The molecule has 4 nitrogen and oxygen atoms in total. The number of hydrogen-bond donors (Lipinski definition) is 0. The van der Waals surface area contributed by atoms with E-state index in [1.807, 2.05) is 12.1 Å². The SMILES string of the molecule is CC1(C)c2ccccc2-c2ccc(N(c3ccc(-c4cccc5c4oc4ccccc45)cc3)c3ccc(-c4ccc5c(c4)c4ccccc4n5-c4ccccc4)c4oc5ccccc5c34)cc21. The molecule has 3 heterocycles. The minimum absolute atomic E-state index is 0.174. The first-order valence-electron chi connectivity index (χ1n) is 23.1. The molecular weight excluding hydrogens is 817 g/mol. The van der Waals surface area contributed by atoms with Crippen molar-refractivity contribution in [2.75, 3.05) is 4.90 Å². The second kappa shape index (κ2) is 14.2. The molecule has 14 rings (SSSR count). The van der Waals surface area contributed by atoms with Gasteiger partial charge in [0.2, 0.25) is 0 Å². The van der Waals surface area contributed by atoms with Gasteiger partial charge in [0.25, 0.3) is 0 Å². The highest BCUT2D eigenvalue weighted by molar-refractivity contribution is 6.18. The Bertz CT molecular complexity index is 4130. The summed E-state index contributed by atoms with van der Waals surface area (Å²) in [7, 11) is 0. The molecule has 0 unspecified atom stereocenters. The average molecular weight is 859 g/mol. The maximum absolute atomic E-state index is 7.02. The molecule has 0 saturated heterocycles.